The fourth-order valence-corrected chi connectivity index (χ4v) is 2.79. The first-order valence-corrected chi connectivity index (χ1v) is 8.41. The van der Waals surface area contributed by atoms with E-state index in [9.17, 15) is 4.79 Å². The Morgan fingerprint density at radius 3 is 2.52 bits per heavy atom. The zero-order valence-corrected chi connectivity index (χ0v) is 14.4. The van der Waals surface area contributed by atoms with E-state index in [1.807, 2.05) is 18.2 Å². The second-order valence-electron chi connectivity index (χ2n) is 7.15. The van der Waals surface area contributed by atoms with Crippen molar-refractivity contribution in [1.29, 1.82) is 5.26 Å². The summed E-state index contributed by atoms with van der Waals surface area (Å²) in [6, 6.07) is 10.3. The molecule has 124 valence electrons. The summed E-state index contributed by atoms with van der Waals surface area (Å²) in [5.74, 6) is 0.607. The maximum absolute atomic E-state index is 12.1. The molecule has 1 aromatic rings. The Bertz CT molecular complexity index is 581. The van der Waals surface area contributed by atoms with E-state index >= 15 is 0 Å². The molecule has 0 bridgehead atoms. The number of carbonyl (C=O) groups excluding carboxylic acids is 1. The summed E-state index contributed by atoms with van der Waals surface area (Å²) in [4.78, 5) is 14.5. The molecule has 23 heavy (non-hydrogen) atoms. The van der Waals surface area contributed by atoms with Crippen LogP contribution in [0.2, 0.25) is 0 Å². The van der Waals surface area contributed by atoms with E-state index in [0.717, 1.165) is 31.1 Å². The fraction of sp³-hybridized carbons (Fsp3) is 0.579. The average Bonchev–Trinajstić information content (AvgIpc) is 2.55. The van der Waals surface area contributed by atoms with Gasteiger partial charge in [0.1, 0.15) is 5.41 Å². The number of nitrogens with one attached hydrogen (secondary N) is 1. The number of piperidine rings is 1. The highest BCUT2D eigenvalue weighted by Crippen LogP contribution is 2.20. The molecule has 0 atom stereocenters. The van der Waals surface area contributed by atoms with Gasteiger partial charge in [0, 0.05) is 13.1 Å². The normalized spacial score (nSPS) is 16.8. The number of carbonyl (C=O) groups is 1. The van der Waals surface area contributed by atoms with Gasteiger partial charge in [0.2, 0.25) is 5.91 Å². The maximum Gasteiger partial charge on any atom is 0.240 e. The zero-order valence-electron chi connectivity index (χ0n) is 14.4. The number of amides is 1. The van der Waals surface area contributed by atoms with Crippen LogP contribution in [0.5, 0.6) is 0 Å². The van der Waals surface area contributed by atoms with Gasteiger partial charge in [-0.05, 0) is 56.8 Å². The smallest absolute Gasteiger partial charge is 0.240 e. The van der Waals surface area contributed by atoms with E-state index < -0.39 is 5.41 Å². The van der Waals surface area contributed by atoms with Gasteiger partial charge >= 0.3 is 0 Å². The minimum Gasteiger partial charge on any atom is -0.351 e. The zero-order chi connectivity index (χ0) is 16.9. The number of nitriles is 1. The lowest BCUT2D eigenvalue weighted by molar-refractivity contribution is -0.126. The molecular weight excluding hydrogens is 286 g/mol. The molecule has 1 N–H and O–H groups in total. The SMILES string of the molecule is CC1CCN(Cc2ccccc2CNC(=O)C(C)(C)C#N)CC1. The number of rotatable bonds is 5. The third kappa shape index (κ3) is 4.80. The molecular formula is C19H27N3O. The summed E-state index contributed by atoms with van der Waals surface area (Å²) in [7, 11) is 0. The first-order valence-electron chi connectivity index (χ1n) is 8.41. The second-order valence-corrected chi connectivity index (χ2v) is 7.15. The van der Waals surface area contributed by atoms with E-state index in [0.29, 0.717) is 6.54 Å². The molecule has 4 heteroatoms. The second kappa shape index (κ2) is 7.61. The topological polar surface area (TPSA) is 56.1 Å². The van der Waals surface area contributed by atoms with Crippen LogP contribution in [0, 0.1) is 22.7 Å². The van der Waals surface area contributed by atoms with Gasteiger partial charge in [0.25, 0.3) is 0 Å². The third-order valence-electron chi connectivity index (χ3n) is 4.68. The van der Waals surface area contributed by atoms with Crippen LogP contribution in [0.25, 0.3) is 0 Å². The van der Waals surface area contributed by atoms with Crippen LogP contribution in [0.15, 0.2) is 24.3 Å². The molecule has 1 fully saturated rings. The molecule has 0 unspecified atom stereocenters. The fourth-order valence-electron chi connectivity index (χ4n) is 2.79. The molecule has 1 aliphatic heterocycles. The van der Waals surface area contributed by atoms with Crippen molar-refractivity contribution < 1.29 is 4.79 Å². The van der Waals surface area contributed by atoms with Crippen molar-refractivity contribution in [3.63, 3.8) is 0 Å². The molecule has 1 aliphatic rings. The summed E-state index contributed by atoms with van der Waals surface area (Å²) >= 11 is 0. The number of likely N-dealkylation sites (tertiary alicyclic amines) is 1. The minimum atomic E-state index is -0.988. The predicted octanol–water partition coefficient (Wildman–Crippen LogP) is 3.08. The summed E-state index contributed by atoms with van der Waals surface area (Å²) in [6.45, 7) is 9.29. The standard InChI is InChI=1S/C19H27N3O/c1-15-8-10-22(11-9-15)13-17-7-5-4-6-16(17)12-21-18(23)19(2,3)14-20/h4-7,15H,8-13H2,1-3H3,(H,21,23). The number of benzene rings is 1. The summed E-state index contributed by atoms with van der Waals surface area (Å²) in [6.07, 6.45) is 2.52. The number of hydrogen-bond donors (Lipinski definition) is 1. The summed E-state index contributed by atoms with van der Waals surface area (Å²) < 4.78 is 0. The van der Waals surface area contributed by atoms with Crippen LogP contribution >= 0.6 is 0 Å². The summed E-state index contributed by atoms with van der Waals surface area (Å²) in [5.41, 5.74) is 1.41. The molecule has 2 rings (SSSR count). The van der Waals surface area contributed by atoms with Crippen LogP contribution < -0.4 is 5.32 Å². The van der Waals surface area contributed by atoms with Crippen LogP contribution in [0.3, 0.4) is 0 Å². The van der Waals surface area contributed by atoms with E-state index in [-0.39, 0.29) is 5.91 Å². The van der Waals surface area contributed by atoms with Gasteiger partial charge in [-0.3, -0.25) is 9.69 Å². The van der Waals surface area contributed by atoms with E-state index in [2.05, 4.69) is 29.3 Å². The van der Waals surface area contributed by atoms with E-state index in [1.54, 1.807) is 13.8 Å². The largest absolute Gasteiger partial charge is 0.351 e. The Hall–Kier alpha value is -1.86. The molecule has 1 heterocycles. The lowest BCUT2D eigenvalue weighted by atomic mass is 9.94. The molecule has 1 amide bonds. The Balaban J connectivity index is 1.98. The Morgan fingerprint density at radius 2 is 1.91 bits per heavy atom. The first-order chi connectivity index (χ1) is 10.9. The van der Waals surface area contributed by atoms with Crippen LogP contribution in [0.4, 0.5) is 0 Å². The Labute approximate surface area is 139 Å². The van der Waals surface area contributed by atoms with Crippen molar-refractivity contribution in [2.75, 3.05) is 13.1 Å². The van der Waals surface area contributed by atoms with Crippen molar-refractivity contribution in [3.8, 4) is 6.07 Å². The van der Waals surface area contributed by atoms with Gasteiger partial charge in [0.05, 0.1) is 6.07 Å². The van der Waals surface area contributed by atoms with Crippen LogP contribution in [-0.4, -0.2) is 23.9 Å². The molecule has 0 aromatic heterocycles. The number of nitrogens with zero attached hydrogens (tertiary/aromatic N) is 2. The highest BCUT2D eigenvalue weighted by Gasteiger charge is 2.27. The third-order valence-corrected chi connectivity index (χ3v) is 4.68. The van der Waals surface area contributed by atoms with Gasteiger partial charge in [0.15, 0.2) is 0 Å². The van der Waals surface area contributed by atoms with Crippen LogP contribution in [0.1, 0.15) is 44.7 Å². The van der Waals surface area contributed by atoms with Crippen molar-refractivity contribution in [2.45, 2.75) is 46.7 Å². The van der Waals surface area contributed by atoms with Gasteiger partial charge < -0.3 is 5.32 Å². The molecule has 0 radical (unpaired) electrons. The molecule has 1 aromatic carbocycles. The minimum absolute atomic E-state index is 0.221. The van der Waals surface area contributed by atoms with Gasteiger partial charge in [-0.2, -0.15) is 5.26 Å². The Kier molecular flexibility index (Phi) is 5.79. The van der Waals surface area contributed by atoms with Crippen molar-refractivity contribution in [1.82, 2.24) is 10.2 Å². The van der Waals surface area contributed by atoms with Gasteiger partial charge in [-0.25, -0.2) is 0 Å². The average molecular weight is 313 g/mol. The van der Waals surface area contributed by atoms with E-state index in [1.165, 1.54) is 18.4 Å². The van der Waals surface area contributed by atoms with Crippen molar-refractivity contribution in [2.24, 2.45) is 11.3 Å². The van der Waals surface area contributed by atoms with E-state index in [4.69, 9.17) is 5.26 Å². The highest BCUT2D eigenvalue weighted by molar-refractivity contribution is 5.84. The summed E-state index contributed by atoms with van der Waals surface area (Å²) in [5, 5.41) is 11.9. The molecule has 1 saturated heterocycles. The predicted molar refractivity (Wildman–Crippen MR) is 91.4 cm³/mol. The van der Waals surface area contributed by atoms with Crippen molar-refractivity contribution >= 4 is 5.91 Å². The van der Waals surface area contributed by atoms with Gasteiger partial charge in [-0.1, -0.05) is 31.2 Å². The highest BCUT2D eigenvalue weighted by atomic mass is 16.2. The van der Waals surface area contributed by atoms with Gasteiger partial charge in [-0.15, -0.1) is 0 Å². The maximum atomic E-state index is 12.1. The van der Waals surface area contributed by atoms with Crippen molar-refractivity contribution in [3.05, 3.63) is 35.4 Å². The molecule has 4 nitrogen and oxygen atoms in total. The lowest BCUT2D eigenvalue weighted by Crippen LogP contribution is -2.36. The molecule has 0 spiro atoms. The molecule has 0 saturated carbocycles. The first kappa shape index (κ1) is 17.5. The quantitative estimate of drug-likeness (QED) is 0.909. The van der Waals surface area contributed by atoms with Crippen LogP contribution in [-0.2, 0) is 17.9 Å². The lowest BCUT2D eigenvalue weighted by Gasteiger charge is -2.30. The monoisotopic (exact) mass is 313 g/mol. The molecule has 0 aliphatic carbocycles. The number of hydrogen-bond acceptors (Lipinski definition) is 3. The Morgan fingerprint density at radius 1 is 1.30 bits per heavy atom.